The lowest BCUT2D eigenvalue weighted by Gasteiger charge is -2.43. The van der Waals surface area contributed by atoms with Crippen molar-refractivity contribution >= 4 is 16.6 Å². The molecule has 0 rings (SSSR count). The van der Waals surface area contributed by atoms with E-state index in [9.17, 15) is 0 Å². The van der Waals surface area contributed by atoms with Gasteiger partial charge in [-0.2, -0.15) is 0 Å². The molecule has 0 aromatic carbocycles. The van der Waals surface area contributed by atoms with Crippen LogP contribution < -0.4 is 0 Å². The molecular weight excluding hydrogens is 400 g/mol. The van der Waals surface area contributed by atoms with Crippen LogP contribution in [0.1, 0.15) is 108 Å². The maximum Gasteiger partial charge on any atom is 0.192 e. The molecule has 0 spiro atoms. The second-order valence-electron chi connectivity index (χ2n) is 14.3. The summed E-state index contributed by atoms with van der Waals surface area (Å²) in [6, 6.07) is 0. The van der Waals surface area contributed by atoms with Crippen molar-refractivity contribution < 1.29 is 8.85 Å². The Bertz CT molecular complexity index is 508. The van der Waals surface area contributed by atoms with Gasteiger partial charge in [-0.1, -0.05) is 75.2 Å². The summed E-state index contributed by atoms with van der Waals surface area (Å²) in [4.78, 5) is 0. The van der Waals surface area contributed by atoms with Gasteiger partial charge in [-0.25, -0.2) is 0 Å². The van der Waals surface area contributed by atoms with Gasteiger partial charge >= 0.3 is 0 Å². The van der Waals surface area contributed by atoms with Gasteiger partial charge in [0.05, 0.1) is 5.60 Å². The molecule has 0 aromatic heterocycles. The Kier molecular flexibility index (Phi) is 10.6. The van der Waals surface area contributed by atoms with Crippen molar-refractivity contribution in [3.8, 4) is 0 Å². The van der Waals surface area contributed by atoms with Crippen LogP contribution in [0.15, 0.2) is 0 Å². The van der Waals surface area contributed by atoms with Crippen LogP contribution in [0.2, 0.25) is 36.3 Å². The number of hydrogen-bond donors (Lipinski definition) is 0. The van der Waals surface area contributed by atoms with E-state index in [1.54, 1.807) is 0 Å². The molecule has 1 atom stereocenters. The van der Waals surface area contributed by atoms with Crippen LogP contribution in [-0.4, -0.2) is 28.8 Å². The van der Waals surface area contributed by atoms with E-state index in [0.717, 1.165) is 25.4 Å². The van der Waals surface area contributed by atoms with E-state index in [4.69, 9.17) is 8.85 Å². The molecule has 0 aliphatic heterocycles. The molecule has 0 N–H and O–H groups in total. The molecule has 0 heterocycles. The molecule has 182 valence electrons. The number of hydrogen-bond acceptors (Lipinski definition) is 2. The minimum atomic E-state index is -1.71. The summed E-state index contributed by atoms with van der Waals surface area (Å²) < 4.78 is 13.1. The van der Waals surface area contributed by atoms with Crippen LogP contribution in [0.25, 0.3) is 0 Å². The van der Waals surface area contributed by atoms with Crippen molar-refractivity contribution in [3.63, 3.8) is 0 Å². The molecule has 2 nitrogen and oxygen atoms in total. The van der Waals surface area contributed by atoms with Crippen LogP contribution in [0.3, 0.4) is 0 Å². The summed E-state index contributed by atoms with van der Waals surface area (Å²) in [5.41, 5.74) is 0.324. The third-order valence-electron chi connectivity index (χ3n) is 7.76. The van der Waals surface area contributed by atoms with Gasteiger partial charge in [0.25, 0.3) is 0 Å². The Morgan fingerprint density at radius 2 is 1.17 bits per heavy atom. The Morgan fingerprint density at radius 3 is 1.60 bits per heavy atom. The van der Waals surface area contributed by atoms with Gasteiger partial charge in [-0.3, -0.25) is 0 Å². The minimum Gasteiger partial charge on any atom is -0.417 e. The Morgan fingerprint density at radius 1 is 0.700 bits per heavy atom. The first kappa shape index (κ1) is 30.4. The van der Waals surface area contributed by atoms with Gasteiger partial charge in [-0.15, -0.1) is 0 Å². The quantitative estimate of drug-likeness (QED) is 0.271. The molecule has 4 heteroatoms. The predicted molar refractivity (Wildman–Crippen MR) is 142 cm³/mol. The van der Waals surface area contributed by atoms with Crippen LogP contribution in [0.5, 0.6) is 0 Å². The second kappa shape index (κ2) is 10.5. The average Bonchev–Trinajstić information content (AvgIpc) is 2.41. The monoisotopic (exact) mass is 458 g/mol. The third-order valence-corrected chi connectivity index (χ3v) is 17.0. The fraction of sp³-hybridized carbons (Fsp3) is 1.00. The van der Waals surface area contributed by atoms with E-state index >= 15 is 0 Å². The molecule has 0 radical (unpaired) electrons. The predicted octanol–water partition coefficient (Wildman–Crippen LogP) is 9.42. The lowest BCUT2D eigenvalue weighted by atomic mass is 9.79. The van der Waals surface area contributed by atoms with E-state index < -0.39 is 16.6 Å². The zero-order valence-electron chi connectivity index (χ0n) is 23.6. The largest absolute Gasteiger partial charge is 0.417 e. The van der Waals surface area contributed by atoms with Gasteiger partial charge in [0.1, 0.15) is 0 Å². The van der Waals surface area contributed by atoms with E-state index in [1.807, 2.05) is 0 Å². The standard InChI is InChI=1S/C26H58O2Si2/c1-22(17-16-18-26(10,11)28-30(14,15)24(5,6)7)21-25(8,9)19-20-27-29(12,13)23(2,3)4/h22H,16-21H2,1-15H3. The fourth-order valence-electron chi connectivity index (χ4n) is 3.72. The summed E-state index contributed by atoms with van der Waals surface area (Å²) in [5, 5.41) is 0.567. The molecule has 30 heavy (non-hydrogen) atoms. The van der Waals surface area contributed by atoms with Gasteiger partial charge in [-0.05, 0) is 80.7 Å². The fourth-order valence-corrected chi connectivity index (χ4v) is 6.55. The first-order valence-corrected chi connectivity index (χ1v) is 18.2. The molecule has 0 aliphatic rings. The lowest BCUT2D eigenvalue weighted by Crippen LogP contribution is -2.47. The molecule has 0 saturated heterocycles. The number of rotatable bonds is 12. The summed E-state index contributed by atoms with van der Waals surface area (Å²) >= 11 is 0. The summed E-state index contributed by atoms with van der Waals surface area (Å²) in [6.07, 6.45) is 6.12. The molecule has 0 fully saturated rings. The first-order chi connectivity index (χ1) is 13.0. The molecular formula is C26H58O2Si2. The van der Waals surface area contributed by atoms with Crippen molar-refractivity contribution in [3.05, 3.63) is 0 Å². The lowest BCUT2D eigenvalue weighted by molar-refractivity contribution is 0.0772. The second-order valence-corrected chi connectivity index (χ2v) is 23.9. The first-order valence-electron chi connectivity index (χ1n) is 12.4. The van der Waals surface area contributed by atoms with E-state index in [1.165, 1.54) is 19.3 Å². The highest BCUT2D eigenvalue weighted by atomic mass is 28.4. The maximum atomic E-state index is 6.71. The van der Waals surface area contributed by atoms with Crippen molar-refractivity contribution in [2.45, 2.75) is 150 Å². The maximum absolute atomic E-state index is 6.71. The van der Waals surface area contributed by atoms with Gasteiger partial charge in [0.2, 0.25) is 0 Å². The zero-order valence-corrected chi connectivity index (χ0v) is 25.6. The van der Waals surface area contributed by atoms with Crippen molar-refractivity contribution in [2.75, 3.05) is 6.61 Å². The van der Waals surface area contributed by atoms with Crippen molar-refractivity contribution in [2.24, 2.45) is 11.3 Å². The normalized spacial score (nSPS) is 16.1. The van der Waals surface area contributed by atoms with Crippen LogP contribution >= 0.6 is 0 Å². The molecule has 0 aliphatic carbocycles. The molecule has 0 bridgehead atoms. The molecule has 0 aromatic rings. The highest BCUT2D eigenvalue weighted by Crippen LogP contribution is 2.41. The topological polar surface area (TPSA) is 18.5 Å². The highest BCUT2D eigenvalue weighted by Gasteiger charge is 2.41. The van der Waals surface area contributed by atoms with Crippen LogP contribution in [0, 0.1) is 11.3 Å². The van der Waals surface area contributed by atoms with Crippen LogP contribution in [0.4, 0.5) is 0 Å². The summed E-state index contributed by atoms with van der Waals surface area (Å²) in [6.45, 7) is 36.2. The van der Waals surface area contributed by atoms with Gasteiger partial charge in [0, 0.05) is 6.61 Å². The van der Waals surface area contributed by atoms with E-state index in [-0.39, 0.29) is 10.6 Å². The SMILES string of the molecule is CC(CCCC(C)(C)O[Si](C)(C)C(C)(C)C)CC(C)(C)CCO[Si](C)(C)C(C)(C)C. The van der Waals surface area contributed by atoms with Crippen molar-refractivity contribution in [1.82, 2.24) is 0 Å². The zero-order chi connectivity index (χ0) is 24.2. The molecule has 1 unspecified atom stereocenters. The van der Waals surface area contributed by atoms with Crippen molar-refractivity contribution in [1.29, 1.82) is 0 Å². The Labute approximate surface area is 193 Å². The highest BCUT2D eigenvalue weighted by molar-refractivity contribution is 6.74. The van der Waals surface area contributed by atoms with Gasteiger partial charge in [0.15, 0.2) is 16.6 Å². The average molecular weight is 459 g/mol. The Balaban J connectivity index is 4.47. The minimum absolute atomic E-state index is 0.0186. The van der Waals surface area contributed by atoms with E-state index in [0.29, 0.717) is 10.5 Å². The van der Waals surface area contributed by atoms with Crippen LogP contribution in [-0.2, 0) is 8.85 Å². The third kappa shape index (κ3) is 10.8. The molecule has 0 amide bonds. The smallest absolute Gasteiger partial charge is 0.192 e. The molecule has 0 saturated carbocycles. The van der Waals surface area contributed by atoms with E-state index in [2.05, 4.69) is 102 Å². The Hall–Kier alpha value is 0.354. The van der Waals surface area contributed by atoms with Gasteiger partial charge < -0.3 is 8.85 Å². The summed E-state index contributed by atoms with van der Waals surface area (Å²) in [5.74, 6) is 0.747. The summed E-state index contributed by atoms with van der Waals surface area (Å²) in [7, 11) is -3.34.